The van der Waals surface area contributed by atoms with Crippen LogP contribution in [-0.4, -0.2) is 10.6 Å². The van der Waals surface area contributed by atoms with Crippen LogP contribution < -0.4 is 10.6 Å². The summed E-state index contributed by atoms with van der Waals surface area (Å²) in [5, 5.41) is 10.8. The molecule has 0 aliphatic rings. The van der Waals surface area contributed by atoms with E-state index in [2.05, 4.69) is 0 Å². The van der Waals surface area contributed by atoms with E-state index in [0.717, 1.165) is 16.7 Å². The number of hydrogen-bond donors (Lipinski definition) is 1. The second kappa shape index (κ2) is 7.64. The van der Waals surface area contributed by atoms with Gasteiger partial charge in [-0.1, -0.05) is 66.7 Å². The van der Waals surface area contributed by atoms with Gasteiger partial charge in [0, 0.05) is 16.2 Å². The fourth-order valence-electron chi connectivity index (χ4n) is 3.62. The molecule has 27 heavy (non-hydrogen) atoms. The number of benzene rings is 3. The highest BCUT2D eigenvalue weighted by molar-refractivity contribution is 7.93. The van der Waals surface area contributed by atoms with Crippen LogP contribution in [0.25, 0.3) is 0 Å². The topological polar surface area (TPSA) is 54.4 Å². The molecule has 0 amide bonds. The molecule has 0 unspecified atom stereocenters. The molecule has 138 valence electrons. The smallest absolute Gasteiger partial charge is 0.230 e. The number of aryl methyl sites for hydroxylation is 2. The minimum Gasteiger partial charge on any atom is -0.392 e. The third kappa shape index (κ3) is 3.29. The second-order valence-corrected chi connectivity index (χ2v) is 9.39. The summed E-state index contributed by atoms with van der Waals surface area (Å²) in [5.74, 6) is 0. The van der Waals surface area contributed by atoms with Crippen molar-refractivity contribution in [2.45, 2.75) is 27.4 Å². The summed E-state index contributed by atoms with van der Waals surface area (Å²) in [6.07, 6.45) is 0. The number of aliphatic hydroxyl groups is 1. The van der Waals surface area contributed by atoms with Gasteiger partial charge in [-0.2, -0.15) is 0 Å². The molecular formula is C23H23O3P. The van der Waals surface area contributed by atoms with E-state index in [1.807, 2.05) is 39.0 Å². The Morgan fingerprint density at radius 2 is 1.33 bits per heavy atom. The fraction of sp³-hybridized carbons (Fsp3) is 0.174. The molecule has 0 heterocycles. The lowest BCUT2D eigenvalue weighted by atomic mass is 9.94. The maximum Gasteiger partial charge on any atom is 0.230 e. The molecule has 3 rings (SSSR count). The van der Waals surface area contributed by atoms with Gasteiger partial charge in [-0.15, -0.1) is 0 Å². The summed E-state index contributed by atoms with van der Waals surface area (Å²) in [6, 6.07) is 19.7. The average molecular weight is 378 g/mol. The van der Waals surface area contributed by atoms with Gasteiger partial charge in [0.05, 0.1) is 6.61 Å². The molecule has 0 aliphatic heterocycles. The normalized spacial score (nSPS) is 11.4. The van der Waals surface area contributed by atoms with Gasteiger partial charge in [0.1, 0.15) is 0 Å². The zero-order valence-electron chi connectivity index (χ0n) is 15.8. The molecule has 0 radical (unpaired) electrons. The van der Waals surface area contributed by atoms with Gasteiger partial charge in [0.25, 0.3) is 0 Å². The van der Waals surface area contributed by atoms with Crippen molar-refractivity contribution >= 4 is 23.3 Å². The maximum atomic E-state index is 14.3. The average Bonchev–Trinajstić information content (AvgIpc) is 2.68. The summed E-state index contributed by atoms with van der Waals surface area (Å²) in [5.41, 5.74) is 3.19. The van der Waals surface area contributed by atoms with Crippen LogP contribution in [0.4, 0.5) is 0 Å². The zero-order chi connectivity index (χ0) is 19.6. The van der Waals surface area contributed by atoms with E-state index in [1.54, 1.807) is 48.5 Å². The summed E-state index contributed by atoms with van der Waals surface area (Å²) in [7, 11) is -3.56. The quantitative estimate of drug-likeness (QED) is 0.675. The van der Waals surface area contributed by atoms with E-state index >= 15 is 0 Å². The molecule has 0 spiro atoms. The van der Waals surface area contributed by atoms with E-state index in [4.69, 9.17) is 0 Å². The third-order valence-corrected chi connectivity index (χ3v) is 7.87. The zero-order valence-corrected chi connectivity index (χ0v) is 16.7. The highest BCUT2D eigenvalue weighted by Crippen LogP contribution is 2.48. The van der Waals surface area contributed by atoms with Crippen LogP contribution >= 0.6 is 7.14 Å². The largest absolute Gasteiger partial charge is 0.392 e. The number of rotatable bonds is 5. The van der Waals surface area contributed by atoms with Gasteiger partial charge in [-0.3, -0.25) is 4.79 Å². The molecule has 0 aromatic heterocycles. The number of aliphatic hydroxyl groups excluding tert-OH is 1. The molecule has 0 aliphatic carbocycles. The predicted molar refractivity (Wildman–Crippen MR) is 111 cm³/mol. The van der Waals surface area contributed by atoms with Crippen LogP contribution in [0.1, 0.15) is 32.6 Å². The molecule has 4 heteroatoms. The molecule has 1 N–H and O–H groups in total. The van der Waals surface area contributed by atoms with Crippen LogP contribution in [0.15, 0.2) is 66.7 Å². The first kappa shape index (κ1) is 19.3. The van der Waals surface area contributed by atoms with Crippen LogP contribution in [0.5, 0.6) is 0 Å². The highest BCUT2D eigenvalue weighted by Gasteiger charge is 2.38. The Morgan fingerprint density at radius 3 is 1.78 bits per heavy atom. The van der Waals surface area contributed by atoms with E-state index in [0.29, 0.717) is 21.7 Å². The Balaban J connectivity index is 2.30. The van der Waals surface area contributed by atoms with Gasteiger partial charge >= 0.3 is 0 Å². The first-order valence-corrected chi connectivity index (χ1v) is 10.6. The van der Waals surface area contributed by atoms with E-state index in [1.165, 1.54) is 0 Å². The van der Waals surface area contributed by atoms with Crippen LogP contribution in [0.2, 0.25) is 0 Å². The molecule has 3 aromatic carbocycles. The van der Waals surface area contributed by atoms with Crippen molar-refractivity contribution in [1.82, 2.24) is 0 Å². The summed E-state index contributed by atoms with van der Waals surface area (Å²) in [4.78, 5) is 13.7. The minimum atomic E-state index is -3.56. The van der Waals surface area contributed by atoms with Crippen molar-refractivity contribution in [3.05, 3.63) is 94.5 Å². The number of hydrogen-bond acceptors (Lipinski definition) is 3. The second-order valence-electron chi connectivity index (χ2n) is 6.73. The number of carbonyl (C=O) groups is 1. The highest BCUT2D eigenvalue weighted by atomic mass is 31.2. The van der Waals surface area contributed by atoms with Crippen molar-refractivity contribution in [1.29, 1.82) is 0 Å². The standard InChI is InChI=1S/C23H23O3P/c1-16-14-17(2)22(18(3)21(16)15-24)23(25)27(26,19-10-6-4-7-11-19)20-12-8-5-9-13-20/h4-14,24H,15H2,1-3H3. The summed E-state index contributed by atoms with van der Waals surface area (Å²) in [6.45, 7) is 5.43. The monoisotopic (exact) mass is 378 g/mol. The van der Waals surface area contributed by atoms with Crippen molar-refractivity contribution in [2.75, 3.05) is 0 Å². The Hall–Kier alpha value is -2.48. The van der Waals surface area contributed by atoms with Gasteiger partial charge in [0.15, 0.2) is 0 Å². The van der Waals surface area contributed by atoms with E-state index in [-0.39, 0.29) is 12.1 Å². The van der Waals surface area contributed by atoms with Crippen LogP contribution in [0.3, 0.4) is 0 Å². The van der Waals surface area contributed by atoms with Crippen molar-refractivity contribution in [3.63, 3.8) is 0 Å². The first-order chi connectivity index (χ1) is 12.9. The SMILES string of the molecule is Cc1cc(C)c(C(=O)P(=O)(c2ccccc2)c2ccccc2)c(C)c1CO. The Bertz CT molecular complexity index is 981. The van der Waals surface area contributed by atoms with Crippen molar-refractivity contribution < 1.29 is 14.5 Å². The lowest BCUT2D eigenvalue weighted by Crippen LogP contribution is -2.24. The molecule has 0 saturated carbocycles. The number of carbonyl (C=O) groups excluding carboxylic acids is 1. The lowest BCUT2D eigenvalue weighted by Gasteiger charge is -2.22. The first-order valence-electron chi connectivity index (χ1n) is 8.88. The van der Waals surface area contributed by atoms with E-state index in [9.17, 15) is 14.5 Å². The Labute approximate surface area is 160 Å². The molecule has 0 bridgehead atoms. The molecule has 3 nitrogen and oxygen atoms in total. The van der Waals surface area contributed by atoms with Crippen LogP contribution in [-0.2, 0) is 11.2 Å². The summed E-state index contributed by atoms with van der Waals surface area (Å²) < 4.78 is 14.3. The van der Waals surface area contributed by atoms with Crippen molar-refractivity contribution in [3.8, 4) is 0 Å². The molecule has 0 saturated heterocycles. The van der Waals surface area contributed by atoms with Gasteiger partial charge in [-0.25, -0.2) is 0 Å². The Morgan fingerprint density at radius 1 is 0.852 bits per heavy atom. The van der Waals surface area contributed by atoms with Gasteiger partial charge in [0.2, 0.25) is 12.7 Å². The van der Waals surface area contributed by atoms with Gasteiger partial charge in [-0.05, 0) is 43.0 Å². The molecule has 0 atom stereocenters. The summed E-state index contributed by atoms with van der Waals surface area (Å²) >= 11 is 0. The fourth-order valence-corrected chi connectivity index (χ4v) is 6.23. The minimum absolute atomic E-state index is 0.154. The van der Waals surface area contributed by atoms with Gasteiger partial charge < -0.3 is 9.67 Å². The Kier molecular flexibility index (Phi) is 5.46. The van der Waals surface area contributed by atoms with E-state index < -0.39 is 7.14 Å². The predicted octanol–water partition coefficient (Wildman–Crippen LogP) is 4.26. The molecule has 0 fully saturated rings. The molecule has 3 aromatic rings. The third-order valence-electron chi connectivity index (χ3n) is 5.03. The van der Waals surface area contributed by atoms with Crippen molar-refractivity contribution in [2.24, 2.45) is 0 Å². The molecular weight excluding hydrogens is 355 g/mol. The lowest BCUT2D eigenvalue weighted by molar-refractivity contribution is 0.107. The maximum absolute atomic E-state index is 14.3. The van der Waals surface area contributed by atoms with Crippen LogP contribution in [0, 0.1) is 20.8 Å².